The first-order valence-electron chi connectivity index (χ1n) is 11.4. The lowest BCUT2D eigenvalue weighted by Crippen LogP contribution is -2.24. The predicted octanol–water partition coefficient (Wildman–Crippen LogP) is 5.23. The molecule has 0 saturated heterocycles. The molecule has 1 aliphatic rings. The SMILES string of the molecule is COC(=O)CCc1cnc(CCC2SC(c3cccc(OC)c3OC)c3cc(Cl)ccc3NC2=O)o1. The maximum atomic E-state index is 13.2. The second-order valence-corrected chi connectivity index (χ2v) is 9.89. The van der Waals surface area contributed by atoms with Crippen molar-refractivity contribution in [1.82, 2.24) is 4.98 Å². The van der Waals surface area contributed by atoms with Crippen molar-refractivity contribution < 1.29 is 28.2 Å². The number of hydrogen-bond donors (Lipinski definition) is 1. The number of aryl methyl sites for hydroxylation is 2. The maximum absolute atomic E-state index is 13.2. The number of aromatic nitrogens is 1. The summed E-state index contributed by atoms with van der Waals surface area (Å²) in [7, 11) is 4.55. The van der Waals surface area contributed by atoms with Crippen LogP contribution < -0.4 is 14.8 Å². The lowest BCUT2D eigenvalue weighted by Gasteiger charge is -2.23. The van der Waals surface area contributed by atoms with Crippen molar-refractivity contribution in [3.05, 3.63) is 70.4 Å². The smallest absolute Gasteiger partial charge is 0.305 e. The van der Waals surface area contributed by atoms with Gasteiger partial charge in [-0.1, -0.05) is 23.7 Å². The summed E-state index contributed by atoms with van der Waals surface area (Å²) < 4.78 is 21.7. The minimum absolute atomic E-state index is 0.106. The lowest BCUT2D eigenvalue weighted by atomic mass is 10.0. The standard InChI is InChI=1S/C26H27ClN2O6S/c1-32-20-6-4-5-17(24(20)34-3)25-18-13-15(27)7-9-19(18)29-26(31)21(36-25)10-11-22-28-14-16(35-22)8-12-23(30)33-2/h4-7,9,13-14,21,25H,8,10-12H2,1-3H3,(H,29,31). The van der Waals surface area contributed by atoms with Crippen molar-refractivity contribution in [2.75, 3.05) is 26.6 Å². The third kappa shape index (κ3) is 5.79. The van der Waals surface area contributed by atoms with Gasteiger partial charge in [0.25, 0.3) is 0 Å². The molecule has 2 aromatic carbocycles. The van der Waals surface area contributed by atoms with Crippen LogP contribution in [0, 0.1) is 0 Å². The summed E-state index contributed by atoms with van der Waals surface area (Å²) in [6, 6.07) is 11.2. The van der Waals surface area contributed by atoms with E-state index in [1.54, 1.807) is 26.5 Å². The minimum atomic E-state index is -0.400. The number of ether oxygens (including phenoxy) is 3. The van der Waals surface area contributed by atoms with Crippen molar-refractivity contribution in [1.29, 1.82) is 0 Å². The molecule has 1 aromatic heterocycles. The molecule has 10 heteroatoms. The Labute approximate surface area is 218 Å². The highest BCUT2D eigenvalue weighted by Crippen LogP contribution is 2.50. The van der Waals surface area contributed by atoms with E-state index in [1.807, 2.05) is 30.3 Å². The van der Waals surface area contributed by atoms with Crippen LogP contribution in [-0.2, 0) is 27.2 Å². The number of esters is 1. The first-order valence-corrected chi connectivity index (χ1v) is 12.7. The van der Waals surface area contributed by atoms with Crippen LogP contribution in [-0.4, -0.2) is 43.4 Å². The van der Waals surface area contributed by atoms with Crippen molar-refractivity contribution in [3.63, 3.8) is 0 Å². The molecule has 36 heavy (non-hydrogen) atoms. The molecule has 1 amide bonds. The second-order valence-electron chi connectivity index (χ2n) is 8.14. The first-order chi connectivity index (χ1) is 17.4. The van der Waals surface area contributed by atoms with E-state index in [0.717, 1.165) is 11.1 Å². The first kappa shape index (κ1) is 25.9. The van der Waals surface area contributed by atoms with E-state index in [0.29, 0.717) is 53.1 Å². The highest BCUT2D eigenvalue weighted by molar-refractivity contribution is 8.01. The van der Waals surface area contributed by atoms with Crippen LogP contribution in [0.5, 0.6) is 11.5 Å². The fourth-order valence-electron chi connectivity index (χ4n) is 4.10. The zero-order chi connectivity index (χ0) is 25.7. The predicted molar refractivity (Wildman–Crippen MR) is 138 cm³/mol. The molecule has 4 rings (SSSR count). The fourth-order valence-corrected chi connectivity index (χ4v) is 5.72. The van der Waals surface area contributed by atoms with Gasteiger partial charge in [0, 0.05) is 29.1 Å². The third-order valence-electron chi connectivity index (χ3n) is 5.89. The molecule has 1 N–H and O–H groups in total. The van der Waals surface area contributed by atoms with E-state index in [1.165, 1.54) is 18.9 Å². The zero-order valence-electron chi connectivity index (χ0n) is 20.2. The van der Waals surface area contributed by atoms with Crippen LogP contribution in [0.3, 0.4) is 0 Å². The van der Waals surface area contributed by atoms with Gasteiger partial charge < -0.3 is 23.9 Å². The number of thioether (sulfide) groups is 1. The number of carbonyl (C=O) groups is 2. The van der Waals surface area contributed by atoms with Gasteiger partial charge in [0.15, 0.2) is 17.4 Å². The quantitative estimate of drug-likeness (QED) is 0.375. The molecule has 0 saturated carbocycles. The Morgan fingerprint density at radius 3 is 2.72 bits per heavy atom. The van der Waals surface area contributed by atoms with E-state index < -0.39 is 5.25 Å². The van der Waals surface area contributed by atoms with Gasteiger partial charge in [-0.25, -0.2) is 4.98 Å². The molecule has 3 aromatic rings. The Hall–Kier alpha value is -3.17. The molecule has 2 unspecified atom stereocenters. The summed E-state index contributed by atoms with van der Waals surface area (Å²) in [5, 5.41) is 2.99. The number of nitrogens with one attached hydrogen (secondary N) is 1. The average molecular weight is 531 g/mol. The third-order valence-corrected chi connectivity index (χ3v) is 7.68. The molecule has 0 fully saturated rings. The van der Waals surface area contributed by atoms with Crippen LogP contribution in [0.25, 0.3) is 0 Å². The number of carbonyl (C=O) groups excluding carboxylic acids is 2. The summed E-state index contributed by atoms with van der Waals surface area (Å²) in [6.07, 6.45) is 3.20. The molecule has 0 bridgehead atoms. The number of para-hydroxylation sites is 1. The Balaban J connectivity index is 1.59. The molecular formula is C26H27ClN2O6S. The van der Waals surface area contributed by atoms with Gasteiger partial charge in [0.05, 0.1) is 44.4 Å². The zero-order valence-corrected chi connectivity index (χ0v) is 21.8. The molecule has 0 radical (unpaired) electrons. The number of fused-ring (bicyclic) bond motifs is 1. The lowest BCUT2D eigenvalue weighted by molar-refractivity contribution is -0.140. The van der Waals surface area contributed by atoms with Crippen LogP contribution in [0.4, 0.5) is 5.69 Å². The fraction of sp³-hybridized carbons (Fsp3) is 0.346. The average Bonchev–Trinajstić information content (AvgIpc) is 3.30. The number of hydrogen-bond acceptors (Lipinski definition) is 8. The number of halogens is 1. The van der Waals surface area contributed by atoms with Crippen molar-refractivity contribution >= 4 is 40.9 Å². The van der Waals surface area contributed by atoms with Gasteiger partial charge in [-0.15, -0.1) is 11.8 Å². The summed E-state index contributed by atoms with van der Waals surface area (Å²) >= 11 is 7.88. The van der Waals surface area contributed by atoms with Crippen LogP contribution >= 0.6 is 23.4 Å². The number of methoxy groups -OCH3 is 3. The van der Waals surface area contributed by atoms with E-state index in [9.17, 15) is 9.59 Å². The van der Waals surface area contributed by atoms with Gasteiger partial charge in [-0.05, 0) is 36.2 Å². The Morgan fingerprint density at radius 2 is 1.97 bits per heavy atom. The topological polar surface area (TPSA) is 99.9 Å². The molecule has 2 atom stereocenters. The molecule has 1 aliphatic heterocycles. The van der Waals surface area contributed by atoms with Gasteiger partial charge in [-0.3, -0.25) is 9.59 Å². The normalized spacial score (nSPS) is 17.1. The number of nitrogens with zero attached hydrogens (tertiary/aromatic N) is 1. The van der Waals surface area contributed by atoms with E-state index in [2.05, 4.69) is 15.0 Å². The van der Waals surface area contributed by atoms with Crippen LogP contribution in [0.1, 0.15) is 40.9 Å². The number of oxazole rings is 1. The van der Waals surface area contributed by atoms with E-state index in [4.69, 9.17) is 25.5 Å². The van der Waals surface area contributed by atoms with E-state index >= 15 is 0 Å². The largest absolute Gasteiger partial charge is 0.493 e. The monoisotopic (exact) mass is 530 g/mol. The highest BCUT2D eigenvalue weighted by atomic mass is 35.5. The molecule has 190 valence electrons. The van der Waals surface area contributed by atoms with E-state index in [-0.39, 0.29) is 23.5 Å². The second kappa shape index (κ2) is 11.7. The van der Waals surface area contributed by atoms with Crippen LogP contribution in [0.2, 0.25) is 5.02 Å². The molecule has 0 spiro atoms. The molecule has 2 heterocycles. The summed E-state index contributed by atoms with van der Waals surface area (Å²) in [5.41, 5.74) is 2.47. The highest BCUT2D eigenvalue weighted by Gasteiger charge is 2.34. The van der Waals surface area contributed by atoms with Crippen molar-refractivity contribution in [3.8, 4) is 11.5 Å². The maximum Gasteiger partial charge on any atom is 0.305 e. The minimum Gasteiger partial charge on any atom is -0.493 e. The Kier molecular flexibility index (Phi) is 8.43. The van der Waals surface area contributed by atoms with Gasteiger partial charge in [0.1, 0.15) is 5.76 Å². The van der Waals surface area contributed by atoms with Crippen molar-refractivity contribution in [2.45, 2.75) is 36.2 Å². The number of anilines is 1. The number of rotatable bonds is 9. The Bertz CT molecular complexity index is 1250. The summed E-state index contributed by atoms with van der Waals surface area (Å²) in [6.45, 7) is 0. The molecule has 8 nitrogen and oxygen atoms in total. The summed E-state index contributed by atoms with van der Waals surface area (Å²) in [4.78, 5) is 28.9. The van der Waals surface area contributed by atoms with Crippen molar-refractivity contribution in [2.24, 2.45) is 0 Å². The van der Waals surface area contributed by atoms with Gasteiger partial charge in [0.2, 0.25) is 5.91 Å². The van der Waals surface area contributed by atoms with Crippen LogP contribution in [0.15, 0.2) is 47.0 Å². The molecule has 0 aliphatic carbocycles. The number of benzene rings is 2. The number of amides is 1. The van der Waals surface area contributed by atoms with Gasteiger partial charge in [-0.2, -0.15) is 0 Å². The Morgan fingerprint density at radius 1 is 1.14 bits per heavy atom. The molecular weight excluding hydrogens is 504 g/mol. The summed E-state index contributed by atoms with van der Waals surface area (Å²) in [5.74, 6) is 1.93. The van der Waals surface area contributed by atoms with Gasteiger partial charge >= 0.3 is 5.97 Å².